The summed E-state index contributed by atoms with van der Waals surface area (Å²) in [6, 6.07) is 6.70. The molecule has 0 amide bonds. The molecule has 1 aromatic rings. The third-order valence-corrected chi connectivity index (χ3v) is 3.90. The van der Waals surface area contributed by atoms with E-state index in [1.165, 1.54) is 11.3 Å². The molecule has 0 aromatic heterocycles. The van der Waals surface area contributed by atoms with Gasteiger partial charge in [-0.25, -0.2) is 0 Å². The molecule has 0 radical (unpaired) electrons. The number of nitrogens with zero attached hydrogens (tertiary/aromatic N) is 2. The molecule has 2 rings (SSSR count). The van der Waals surface area contributed by atoms with Crippen molar-refractivity contribution in [3.63, 3.8) is 0 Å². The SMILES string of the molecule is CC(C)NCc1cccc(Cl)c1N1CCN(C)CC1. The van der Waals surface area contributed by atoms with Gasteiger partial charge in [0.2, 0.25) is 0 Å². The Hall–Kier alpha value is -0.770. The van der Waals surface area contributed by atoms with Crippen molar-refractivity contribution in [3.8, 4) is 0 Å². The molecule has 4 heteroatoms. The fourth-order valence-corrected chi connectivity index (χ4v) is 2.71. The summed E-state index contributed by atoms with van der Waals surface area (Å²) >= 11 is 6.43. The summed E-state index contributed by atoms with van der Waals surface area (Å²) in [7, 11) is 2.17. The summed E-state index contributed by atoms with van der Waals surface area (Å²) in [4.78, 5) is 4.78. The van der Waals surface area contributed by atoms with Gasteiger partial charge in [-0.1, -0.05) is 37.6 Å². The Morgan fingerprint density at radius 2 is 1.89 bits per heavy atom. The summed E-state index contributed by atoms with van der Waals surface area (Å²) in [6.07, 6.45) is 0. The molecule has 19 heavy (non-hydrogen) atoms. The Kier molecular flexibility index (Phi) is 5.08. The third-order valence-electron chi connectivity index (χ3n) is 3.59. The molecule has 1 N–H and O–H groups in total. The zero-order valence-electron chi connectivity index (χ0n) is 12.1. The molecule has 0 bridgehead atoms. The number of piperazine rings is 1. The highest BCUT2D eigenvalue weighted by molar-refractivity contribution is 6.33. The van der Waals surface area contributed by atoms with Gasteiger partial charge in [-0.2, -0.15) is 0 Å². The molecule has 1 saturated heterocycles. The Morgan fingerprint density at radius 1 is 1.21 bits per heavy atom. The van der Waals surface area contributed by atoms with Crippen molar-refractivity contribution >= 4 is 17.3 Å². The summed E-state index contributed by atoms with van der Waals surface area (Å²) < 4.78 is 0. The van der Waals surface area contributed by atoms with Gasteiger partial charge in [-0.15, -0.1) is 0 Å². The van der Waals surface area contributed by atoms with E-state index in [2.05, 4.69) is 42.1 Å². The van der Waals surface area contributed by atoms with Crippen molar-refractivity contribution in [2.75, 3.05) is 38.1 Å². The van der Waals surface area contributed by atoms with Gasteiger partial charge in [0.05, 0.1) is 10.7 Å². The van der Waals surface area contributed by atoms with E-state index in [0.717, 1.165) is 37.7 Å². The van der Waals surface area contributed by atoms with Crippen LogP contribution in [0.5, 0.6) is 0 Å². The van der Waals surface area contributed by atoms with Gasteiger partial charge in [-0.3, -0.25) is 0 Å². The molecular formula is C15H24ClN3. The summed E-state index contributed by atoms with van der Waals surface area (Å²) in [6.45, 7) is 9.51. The van der Waals surface area contributed by atoms with Crippen LogP contribution in [0.15, 0.2) is 18.2 Å². The first-order valence-electron chi connectivity index (χ1n) is 7.02. The summed E-state index contributed by atoms with van der Waals surface area (Å²) in [5, 5.41) is 4.35. The summed E-state index contributed by atoms with van der Waals surface area (Å²) in [5.41, 5.74) is 2.51. The lowest BCUT2D eigenvalue weighted by Crippen LogP contribution is -2.45. The molecule has 0 aliphatic carbocycles. The number of benzene rings is 1. The number of hydrogen-bond acceptors (Lipinski definition) is 3. The Balaban J connectivity index is 2.17. The van der Waals surface area contributed by atoms with E-state index in [0.29, 0.717) is 6.04 Å². The number of nitrogens with one attached hydrogen (secondary N) is 1. The maximum Gasteiger partial charge on any atom is 0.0642 e. The number of rotatable bonds is 4. The standard InChI is InChI=1S/C15H24ClN3/c1-12(2)17-11-13-5-4-6-14(16)15(13)19-9-7-18(3)8-10-19/h4-6,12,17H,7-11H2,1-3H3. The lowest BCUT2D eigenvalue weighted by molar-refractivity contribution is 0.312. The van der Waals surface area contributed by atoms with Gasteiger partial charge in [0.1, 0.15) is 0 Å². The normalized spacial score (nSPS) is 17.2. The second-order valence-corrected chi connectivity index (χ2v) is 5.98. The highest BCUT2D eigenvalue weighted by Crippen LogP contribution is 2.30. The largest absolute Gasteiger partial charge is 0.368 e. The van der Waals surface area contributed by atoms with Crippen molar-refractivity contribution in [1.82, 2.24) is 10.2 Å². The van der Waals surface area contributed by atoms with E-state index >= 15 is 0 Å². The number of halogens is 1. The average molecular weight is 282 g/mol. The zero-order valence-corrected chi connectivity index (χ0v) is 12.9. The number of likely N-dealkylation sites (N-methyl/N-ethyl adjacent to an activating group) is 1. The van der Waals surface area contributed by atoms with Gasteiger partial charge >= 0.3 is 0 Å². The maximum absolute atomic E-state index is 6.43. The molecule has 106 valence electrons. The van der Waals surface area contributed by atoms with Crippen molar-refractivity contribution in [1.29, 1.82) is 0 Å². The second kappa shape index (κ2) is 6.60. The zero-order chi connectivity index (χ0) is 13.8. The van der Waals surface area contributed by atoms with Crippen molar-refractivity contribution < 1.29 is 0 Å². The van der Waals surface area contributed by atoms with E-state index in [4.69, 9.17) is 11.6 Å². The second-order valence-electron chi connectivity index (χ2n) is 5.57. The molecule has 0 atom stereocenters. The monoisotopic (exact) mass is 281 g/mol. The molecule has 1 heterocycles. The van der Waals surface area contributed by atoms with E-state index in [1.54, 1.807) is 0 Å². The fourth-order valence-electron chi connectivity index (χ4n) is 2.40. The predicted molar refractivity (Wildman–Crippen MR) is 83.1 cm³/mol. The minimum atomic E-state index is 0.485. The molecular weight excluding hydrogens is 258 g/mol. The number of hydrogen-bond donors (Lipinski definition) is 1. The van der Waals surface area contributed by atoms with E-state index in [1.807, 2.05) is 12.1 Å². The van der Waals surface area contributed by atoms with Crippen LogP contribution >= 0.6 is 11.6 Å². The van der Waals surface area contributed by atoms with Crippen molar-refractivity contribution in [2.24, 2.45) is 0 Å². The maximum atomic E-state index is 6.43. The first-order chi connectivity index (χ1) is 9.08. The van der Waals surface area contributed by atoms with Crippen LogP contribution in [0.25, 0.3) is 0 Å². The van der Waals surface area contributed by atoms with Crippen LogP contribution in [-0.2, 0) is 6.54 Å². The van der Waals surface area contributed by atoms with Crippen LogP contribution in [0.1, 0.15) is 19.4 Å². The highest BCUT2D eigenvalue weighted by atomic mass is 35.5. The van der Waals surface area contributed by atoms with Crippen LogP contribution in [-0.4, -0.2) is 44.2 Å². The van der Waals surface area contributed by atoms with Gasteiger partial charge in [0.15, 0.2) is 0 Å². The number of anilines is 1. The van der Waals surface area contributed by atoms with Crippen LogP contribution in [0.3, 0.4) is 0 Å². The molecule has 1 aliphatic heterocycles. The summed E-state index contributed by atoms with van der Waals surface area (Å²) in [5.74, 6) is 0. The lowest BCUT2D eigenvalue weighted by atomic mass is 10.1. The van der Waals surface area contributed by atoms with Crippen LogP contribution < -0.4 is 10.2 Å². The molecule has 3 nitrogen and oxygen atoms in total. The minimum Gasteiger partial charge on any atom is -0.368 e. The molecule has 0 spiro atoms. The van der Waals surface area contributed by atoms with Gasteiger partial charge in [-0.05, 0) is 18.7 Å². The lowest BCUT2D eigenvalue weighted by Gasteiger charge is -2.35. The highest BCUT2D eigenvalue weighted by Gasteiger charge is 2.19. The molecule has 0 unspecified atom stereocenters. The van der Waals surface area contributed by atoms with Crippen LogP contribution in [0, 0.1) is 0 Å². The third kappa shape index (κ3) is 3.85. The van der Waals surface area contributed by atoms with Crippen LogP contribution in [0.2, 0.25) is 5.02 Å². The minimum absolute atomic E-state index is 0.485. The van der Waals surface area contributed by atoms with Gasteiger partial charge in [0.25, 0.3) is 0 Å². The molecule has 0 saturated carbocycles. The first-order valence-corrected chi connectivity index (χ1v) is 7.40. The topological polar surface area (TPSA) is 18.5 Å². The molecule has 1 aliphatic rings. The van der Waals surface area contributed by atoms with Gasteiger partial charge < -0.3 is 15.1 Å². The fraction of sp³-hybridized carbons (Fsp3) is 0.600. The van der Waals surface area contributed by atoms with Crippen molar-refractivity contribution in [2.45, 2.75) is 26.4 Å². The Bertz CT molecular complexity index is 412. The number of para-hydroxylation sites is 1. The van der Waals surface area contributed by atoms with E-state index in [-0.39, 0.29) is 0 Å². The smallest absolute Gasteiger partial charge is 0.0642 e. The predicted octanol–water partition coefficient (Wildman–Crippen LogP) is 2.59. The van der Waals surface area contributed by atoms with Crippen molar-refractivity contribution in [3.05, 3.63) is 28.8 Å². The average Bonchev–Trinajstić information content (AvgIpc) is 2.38. The van der Waals surface area contributed by atoms with Crippen LogP contribution in [0.4, 0.5) is 5.69 Å². The molecule has 1 fully saturated rings. The van der Waals surface area contributed by atoms with E-state index in [9.17, 15) is 0 Å². The molecule has 1 aromatic carbocycles. The first kappa shape index (κ1) is 14.6. The Labute approximate surface area is 121 Å². The van der Waals surface area contributed by atoms with E-state index < -0.39 is 0 Å². The Morgan fingerprint density at radius 3 is 2.53 bits per heavy atom. The quantitative estimate of drug-likeness (QED) is 0.915. The van der Waals surface area contributed by atoms with Gasteiger partial charge in [0, 0.05) is 38.8 Å².